The van der Waals surface area contributed by atoms with Crippen molar-refractivity contribution in [1.82, 2.24) is 20.4 Å². The highest BCUT2D eigenvalue weighted by molar-refractivity contribution is 7.09. The zero-order chi connectivity index (χ0) is 16.7. The molecule has 0 amide bonds. The fourth-order valence-electron chi connectivity index (χ4n) is 2.68. The molecule has 0 unspecified atom stereocenters. The highest BCUT2D eigenvalue weighted by Gasteiger charge is 2.19. The van der Waals surface area contributed by atoms with E-state index in [2.05, 4.69) is 63.7 Å². The fraction of sp³-hybridized carbons (Fsp3) is 0.706. The normalized spacial score (nSPS) is 17.6. The lowest BCUT2D eigenvalue weighted by molar-refractivity contribution is 0.173. The van der Waals surface area contributed by atoms with E-state index < -0.39 is 0 Å². The summed E-state index contributed by atoms with van der Waals surface area (Å²) in [5.41, 5.74) is 0.165. The molecule has 0 saturated carbocycles. The molecular formula is C17H31N5S. The minimum atomic E-state index is 0.165. The Morgan fingerprint density at radius 3 is 2.52 bits per heavy atom. The van der Waals surface area contributed by atoms with E-state index in [1.807, 2.05) is 18.4 Å². The standard InChI is InChI=1S/C17H31N5S/c1-17(2,3)20-8-7-19-16(18-4)22-11-9-21(10-12-22)14-15-6-5-13-23-15/h5-6,13,20H,7-12,14H2,1-4H3,(H,18,19). The van der Waals surface area contributed by atoms with Gasteiger partial charge in [0.05, 0.1) is 0 Å². The Morgan fingerprint density at radius 1 is 1.22 bits per heavy atom. The number of rotatable bonds is 5. The van der Waals surface area contributed by atoms with Gasteiger partial charge in [-0.05, 0) is 32.2 Å². The van der Waals surface area contributed by atoms with Gasteiger partial charge in [0.25, 0.3) is 0 Å². The average Bonchev–Trinajstić information content (AvgIpc) is 3.00. The molecule has 0 aliphatic carbocycles. The predicted molar refractivity (Wildman–Crippen MR) is 100 cm³/mol. The molecule has 23 heavy (non-hydrogen) atoms. The summed E-state index contributed by atoms with van der Waals surface area (Å²) < 4.78 is 0. The van der Waals surface area contributed by atoms with Crippen LogP contribution < -0.4 is 10.6 Å². The number of guanidine groups is 1. The first kappa shape index (κ1) is 18.2. The molecular weight excluding hydrogens is 306 g/mol. The molecule has 5 nitrogen and oxygen atoms in total. The number of hydrogen-bond donors (Lipinski definition) is 2. The van der Waals surface area contributed by atoms with Gasteiger partial charge in [-0.15, -0.1) is 11.3 Å². The van der Waals surface area contributed by atoms with Crippen LogP contribution in [0.3, 0.4) is 0 Å². The van der Waals surface area contributed by atoms with Crippen molar-refractivity contribution in [3.63, 3.8) is 0 Å². The minimum absolute atomic E-state index is 0.165. The predicted octanol–water partition coefficient (Wildman–Crippen LogP) is 1.83. The van der Waals surface area contributed by atoms with Gasteiger partial charge in [-0.1, -0.05) is 6.07 Å². The molecule has 1 aromatic rings. The maximum absolute atomic E-state index is 4.43. The number of thiophene rings is 1. The number of nitrogens with zero attached hydrogens (tertiary/aromatic N) is 3. The largest absolute Gasteiger partial charge is 0.355 e. The lowest BCUT2D eigenvalue weighted by Crippen LogP contribution is -2.53. The second kappa shape index (κ2) is 8.66. The summed E-state index contributed by atoms with van der Waals surface area (Å²) in [7, 11) is 1.87. The van der Waals surface area contributed by atoms with Gasteiger partial charge in [-0.2, -0.15) is 0 Å². The van der Waals surface area contributed by atoms with Gasteiger partial charge in [0.15, 0.2) is 5.96 Å². The summed E-state index contributed by atoms with van der Waals surface area (Å²) in [4.78, 5) is 10.8. The molecule has 0 spiro atoms. The van der Waals surface area contributed by atoms with Crippen LogP contribution in [0.25, 0.3) is 0 Å². The Morgan fingerprint density at radius 2 is 1.96 bits per heavy atom. The molecule has 1 aromatic heterocycles. The van der Waals surface area contributed by atoms with Crippen molar-refractivity contribution in [3.8, 4) is 0 Å². The summed E-state index contributed by atoms with van der Waals surface area (Å²) in [6.45, 7) is 13.8. The van der Waals surface area contributed by atoms with Crippen molar-refractivity contribution in [2.45, 2.75) is 32.9 Å². The van der Waals surface area contributed by atoms with Gasteiger partial charge in [0.2, 0.25) is 0 Å². The first-order valence-electron chi connectivity index (χ1n) is 8.43. The zero-order valence-corrected chi connectivity index (χ0v) is 15.7. The third-order valence-corrected chi connectivity index (χ3v) is 4.77. The van der Waals surface area contributed by atoms with E-state index in [0.29, 0.717) is 0 Å². The van der Waals surface area contributed by atoms with E-state index in [-0.39, 0.29) is 5.54 Å². The van der Waals surface area contributed by atoms with Crippen LogP contribution in [0.1, 0.15) is 25.6 Å². The van der Waals surface area contributed by atoms with Crippen LogP contribution in [-0.4, -0.2) is 67.6 Å². The molecule has 2 rings (SSSR count). The average molecular weight is 338 g/mol. The number of piperazine rings is 1. The van der Waals surface area contributed by atoms with E-state index in [4.69, 9.17) is 0 Å². The molecule has 1 saturated heterocycles. The van der Waals surface area contributed by atoms with Crippen LogP contribution >= 0.6 is 11.3 Å². The van der Waals surface area contributed by atoms with Crippen LogP contribution in [-0.2, 0) is 6.54 Å². The van der Waals surface area contributed by atoms with Crippen molar-refractivity contribution < 1.29 is 0 Å². The topological polar surface area (TPSA) is 42.9 Å². The Labute approximate surface area is 144 Å². The maximum Gasteiger partial charge on any atom is 0.193 e. The van der Waals surface area contributed by atoms with Crippen molar-refractivity contribution >= 4 is 17.3 Å². The molecule has 0 aromatic carbocycles. The van der Waals surface area contributed by atoms with E-state index in [1.54, 1.807) is 0 Å². The first-order chi connectivity index (χ1) is 11.0. The number of nitrogens with one attached hydrogen (secondary N) is 2. The van der Waals surface area contributed by atoms with Gasteiger partial charge < -0.3 is 15.5 Å². The molecule has 2 heterocycles. The van der Waals surface area contributed by atoms with Crippen LogP contribution in [0, 0.1) is 0 Å². The van der Waals surface area contributed by atoms with Gasteiger partial charge >= 0.3 is 0 Å². The summed E-state index contributed by atoms with van der Waals surface area (Å²) in [6.07, 6.45) is 0. The molecule has 2 N–H and O–H groups in total. The lowest BCUT2D eigenvalue weighted by atomic mass is 10.1. The Balaban J connectivity index is 1.70. The summed E-state index contributed by atoms with van der Waals surface area (Å²) in [5.74, 6) is 1.02. The maximum atomic E-state index is 4.43. The summed E-state index contributed by atoms with van der Waals surface area (Å²) in [5, 5.41) is 9.12. The van der Waals surface area contributed by atoms with E-state index in [1.165, 1.54) is 4.88 Å². The third-order valence-electron chi connectivity index (χ3n) is 3.91. The molecule has 0 bridgehead atoms. The van der Waals surface area contributed by atoms with Crippen LogP contribution in [0.5, 0.6) is 0 Å². The second-order valence-corrected chi connectivity index (χ2v) is 8.03. The van der Waals surface area contributed by atoms with Gasteiger partial charge in [-0.25, -0.2) is 0 Å². The fourth-order valence-corrected chi connectivity index (χ4v) is 3.43. The molecule has 1 aliphatic heterocycles. The Bertz CT molecular complexity index is 470. The smallest absolute Gasteiger partial charge is 0.193 e. The van der Waals surface area contributed by atoms with E-state index in [0.717, 1.165) is 51.8 Å². The molecule has 0 radical (unpaired) electrons. The SMILES string of the molecule is CN=C(NCCNC(C)(C)C)N1CCN(Cc2cccs2)CC1. The van der Waals surface area contributed by atoms with Crippen LogP contribution in [0.4, 0.5) is 0 Å². The van der Waals surface area contributed by atoms with E-state index >= 15 is 0 Å². The van der Waals surface area contributed by atoms with Crippen molar-refractivity contribution in [1.29, 1.82) is 0 Å². The van der Waals surface area contributed by atoms with E-state index in [9.17, 15) is 0 Å². The third kappa shape index (κ3) is 6.49. The lowest BCUT2D eigenvalue weighted by Gasteiger charge is -2.36. The molecule has 1 fully saturated rings. The van der Waals surface area contributed by atoms with Crippen LogP contribution in [0.2, 0.25) is 0 Å². The Kier molecular flexibility index (Phi) is 6.87. The molecule has 1 aliphatic rings. The van der Waals surface area contributed by atoms with Gasteiger partial charge in [0, 0.05) is 63.3 Å². The quantitative estimate of drug-likeness (QED) is 0.489. The summed E-state index contributed by atoms with van der Waals surface area (Å²) in [6, 6.07) is 4.35. The molecule has 0 atom stereocenters. The first-order valence-corrected chi connectivity index (χ1v) is 9.31. The van der Waals surface area contributed by atoms with Gasteiger partial charge in [0.1, 0.15) is 0 Å². The Hall–Kier alpha value is -1.11. The van der Waals surface area contributed by atoms with Crippen molar-refractivity contribution in [2.75, 3.05) is 46.3 Å². The highest BCUT2D eigenvalue weighted by atomic mass is 32.1. The zero-order valence-electron chi connectivity index (χ0n) is 14.9. The van der Waals surface area contributed by atoms with Crippen molar-refractivity contribution in [2.24, 2.45) is 4.99 Å². The number of aliphatic imine (C=N–C) groups is 1. The molecule has 130 valence electrons. The van der Waals surface area contributed by atoms with Crippen molar-refractivity contribution in [3.05, 3.63) is 22.4 Å². The molecule has 6 heteroatoms. The number of hydrogen-bond acceptors (Lipinski definition) is 4. The summed E-state index contributed by atoms with van der Waals surface area (Å²) >= 11 is 1.85. The van der Waals surface area contributed by atoms with Crippen LogP contribution in [0.15, 0.2) is 22.5 Å². The second-order valence-electron chi connectivity index (χ2n) is 6.99. The monoisotopic (exact) mass is 337 g/mol. The highest BCUT2D eigenvalue weighted by Crippen LogP contribution is 2.13. The van der Waals surface area contributed by atoms with Gasteiger partial charge in [-0.3, -0.25) is 9.89 Å². The minimum Gasteiger partial charge on any atom is -0.355 e.